The Kier molecular flexibility index (Phi) is 4.21. The number of aldehydes is 1. The van der Waals surface area contributed by atoms with Crippen molar-refractivity contribution in [1.29, 1.82) is 0 Å². The first-order valence-corrected chi connectivity index (χ1v) is 5.22. The molecule has 0 aromatic carbocycles. The van der Waals surface area contributed by atoms with E-state index in [0.29, 0.717) is 30.4 Å². The predicted octanol–water partition coefficient (Wildman–Crippen LogP) is 0.304. The highest BCUT2D eigenvalue weighted by atomic mass is 32.1. The molecule has 4 nitrogen and oxygen atoms in total. The Morgan fingerprint density at radius 2 is 2.21 bits per heavy atom. The van der Waals surface area contributed by atoms with Crippen LogP contribution in [0.3, 0.4) is 0 Å². The molecule has 1 aromatic heterocycles. The highest BCUT2D eigenvalue weighted by Gasteiger charge is 2.20. The summed E-state index contributed by atoms with van der Waals surface area (Å²) in [4.78, 5) is 10.6. The van der Waals surface area contributed by atoms with Crippen molar-refractivity contribution in [3.8, 4) is 0 Å². The number of aliphatic hydroxyl groups excluding tert-OH is 2. The van der Waals surface area contributed by atoms with Gasteiger partial charge in [0.05, 0.1) is 6.10 Å². The fraction of sp³-hybridized carbons (Fsp3) is 0.444. The van der Waals surface area contributed by atoms with Crippen LogP contribution in [0.5, 0.6) is 0 Å². The normalized spacial score (nSPS) is 15.1. The first-order valence-electron chi connectivity index (χ1n) is 4.28. The van der Waals surface area contributed by atoms with Crippen LogP contribution in [0.4, 0.5) is 0 Å². The van der Waals surface area contributed by atoms with Crippen LogP contribution < -0.4 is 5.73 Å². The fourth-order valence-corrected chi connectivity index (χ4v) is 2.02. The minimum Gasteiger partial charge on any atom is -0.390 e. The van der Waals surface area contributed by atoms with Crippen molar-refractivity contribution in [2.24, 2.45) is 5.73 Å². The van der Waals surface area contributed by atoms with E-state index in [1.165, 1.54) is 11.3 Å². The van der Waals surface area contributed by atoms with Gasteiger partial charge in [-0.25, -0.2) is 0 Å². The number of nitrogens with two attached hydrogens (primary N) is 1. The molecule has 0 saturated heterocycles. The van der Waals surface area contributed by atoms with Crippen molar-refractivity contribution in [2.45, 2.75) is 18.6 Å². The van der Waals surface area contributed by atoms with Crippen LogP contribution in [-0.2, 0) is 0 Å². The zero-order valence-electron chi connectivity index (χ0n) is 7.59. The summed E-state index contributed by atoms with van der Waals surface area (Å²) in [6.45, 7) is 0.304. The first kappa shape index (κ1) is 11.3. The van der Waals surface area contributed by atoms with Crippen molar-refractivity contribution in [1.82, 2.24) is 0 Å². The molecule has 1 heterocycles. The molecule has 2 atom stereocenters. The number of hydrogen-bond acceptors (Lipinski definition) is 5. The monoisotopic (exact) mass is 215 g/mol. The van der Waals surface area contributed by atoms with Gasteiger partial charge in [-0.3, -0.25) is 4.79 Å². The SMILES string of the molecule is NCCC(O)C(O)c1cscc1C=O. The maximum absolute atomic E-state index is 10.6. The molecule has 4 N–H and O–H groups in total. The van der Waals surface area contributed by atoms with Gasteiger partial charge in [0.1, 0.15) is 6.10 Å². The molecule has 1 rings (SSSR count). The van der Waals surface area contributed by atoms with Crippen molar-refractivity contribution in [2.75, 3.05) is 6.54 Å². The second-order valence-electron chi connectivity index (χ2n) is 2.99. The van der Waals surface area contributed by atoms with Crippen LogP contribution >= 0.6 is 11.3 Å². The quantitative estimate of drug-likeness (QED) is 0.617. The van der Waals surface area contributed by atoms with Crippen molar-refractivity contribution < 1.29 is 15.0 Å². The Balaban J connectivity index is 2.77. The van der Waals surface area contributed by atoms with E-state index in [1.807, 2.05) is 0 Å². The Labute approximate surface area is 86.0 Å². The summed E-state index contributed by atoms with van der Waals surface area (Å²) in [7, 11) is 0. The molecule has 0 radical (unpaired) electrons. The lowest BCUT2D eigenvalue weighted by Gasteiger charge is -2.16. The summed E-state index contributed by atoms with van der Waals surface area (Å²) in [5, 5.41) is 22.4. The summed E-state index contributed by atoms with van der Waals surface area (Å²) in [6, 6.07) is 0. The Morgan fingerprint density at radius 1 is 1.50 bits per heavy atom. The molecule has 0 aliphatic rings. The fourth-order valence-electron chi connectivity index (χ4n) is 1.19. The summed E-state index contributed by atoms with van der Waals surface area (Å²) in [5.74, 6) is 0. The zero-order chi connectivity index (χ0) is 10.6. The van der Waals surface area contributed by atoms with E-state index in [2.05, 4.69) is 0 Å². The van der Waals surface area contributed by atoms with Gasteiger partial charge in [0.15, 0.2) is 6.29 Å². The van der Waals surface area contributed by atoms with Gasteiger partial charge in [0.25, 0.3) is 0 Å². The molecule has 2 unspecified atom stereocenters. The zero-order valence-corrected chi connectivity index (χ0v) is 8.41. The lowest BCUT2D eigenvalue weighted by atomic mass is 10.0. The highest BCUT2D eigenvalue weighted by molar-refractivity contribution is 7.08. The van der Waals surface area contributed by atoms with Gasteiger partial charge in [-0.15, -0.1) is 0 Å². The van der Waals surface area contributed by atoms with Crippen LogP contribution in [-0.4, -0.2) is 29.1 Å². The van der Waals surface area contributed by atoms with Crippen molar-refractivity contribution in [3.05, 3.63) is 21.9 Å². The van der Waals surface area contributed by atoms with E-state index >= 15 is 0 Å². The molecule has 0 bridgehead atoms. The molecule has 0 amide bonds. The van der Waals surface area contributed by atoms with Crippen molar-refractivity contribution >= 4 is 17.6 Å². The number of carbonyl (C=O) groups excluding carboxylic acids is 1. The molecule has 0 spiro atoms. The first-order chi connectivity index (χ1) is 6.70. The smallest absolute Gasteiger partial charge is 0.151 e. The lowest BCUT2D eigenvalue weighted by Crippen LogP contribution is -2.22. The van der Waals surface area contributed by atoms with Gasteiger partial charge in [-0.05, 0) is 18.3 Å². The Morgan fingerprint density at radius 3 is 2.79 bits per heavy atom. The van der Waals surface area contributed by atoms with Gasteiger partial charge in [0, 0.05) is 16.5 Å². The number of rotatable bonds is 5. The van der Waals surface area contributed by atoms with Crippen LogP contribution in [0.2, 0.25) is 0 Å². The second kappa shape index (κ2) is 5.21. The summed E-state index contributed by atoms with van der Waals surface area (Å²) < 4.78 is 0. The summed E-state index contributed by atoms with van der Waals surface area (Å²) in [5.41, 5.74) is 6.16. The average Bonchev–Trinajstić information content (AvgIpc) is 2.64. The summed E-state index contributed by atoms with van der Waals surface area (Å²) in [6.07, 6.45) is -0.946. The van der Waals surface area contributed by atoms with E-state index in [0.717, 1.165) is 0 Å². The molecule has 5 heteroatoms. The molecule has 0 fully saturated rings. The number of carbonyl (C=O) groups is 1. The van der Waals surface area contributed by atoms with Crippen molar-refractivity contribution in [3.63, 3.8) is 0 Å². The second-order valence-corrected chi connectivity index (χ2v) is 3.73. The predicted molar refractivity (Wildman–Crippen MR) is 54.3 cm³/mol. The third kappa shape index (κ3) is 2.39. The van der Waals surface area contributed by atoms with Crippen LogP contribution in [0, 0.1) is 0 Å². The third-order valence-corrected chi connectivity index (χ3v) is 2.78. The number of hydrogen-bond donors (Lipinski definition) is 3. The molecule has 0 aliphatic carbocycles. The van der Waals surface area contributed by atoms with Crippen LogP contribution in [0.25, 0.3) is 0 Å². The van der Waals surface area contributed by atoms with E-state index in [4.69, 9.17) is 5.73 Å². The molecule has 1 aromatic rings. The van der Waals surface area contributed by atoms with Gasteiger partial charge in [0.2, 0.25) is 0 Å². The largest absolute Gasteiger partial charge is 0.390 e. The summed E-state index contributed by atoms with van der Waals surface area (Å²) >= 11 is 1.32. The Hall–Kier alpha value is -0.750. The van der Waals surface area contributed by atoms with E-state index in [9.17, 15) is 15.0 Å². The average molecular weight is 215 g/mol. The maximum atomic E-state index is 10.6. The van der Waals surface area contributed by atoms with Gasteiger partial charge >= 0.3 is 0 Å². The van der Waals surface area contributed by atoms with E-state index in [-0.39, 0.29) is 0 Å². The Bertz CT molecular complexity index is 300. The van der Waals surface area contributed by atoms with Gasteiger partial charge in [-0.2, -0.15) is 11.3 Å². The van der Waals surface area contributed by atoms with Gasteiger partial charge < -0.3 is 15.9 Å². The van der Waals surface area contributed by atoms with Crippen LogP contribution in [0.15, 0.2) is 10.8 Å². The highest BCUT2D eigenvalue weighted by Crippen LogP contribution is 2.24. The molecular formula is C9H13NO3S. The molecule has 0 aliphatic heterocycles. The minimum absolute atomic E-state index is 0.304. The molecule has 0 saturated carbocycles. The number of aliphatic hydroxyl groups is 2. The molecule has 14 heavy (non-hydrogen) atoms. The minimum atomic E-state index is -1.02. The third-order valence-electron chi connectivity index (χ3n) is 2.00. The van der Waals surface area contributed by atoms with Gasteiger partial charge in [-0.1, -0.05) is 0 Å². The van der Waals surface area contributed by atoms with E-state index < -0.39 is 12.2 Å². The lowest BCUT2D eigenvalue weighted by molar-refractivity contribution is 0.0149. The molecular weight excluding hydrogens is 202 g/mol. The maximum Gasteiger partial charge on any atom is 0.151 e. The standard InChI is InChI=1S/C9H13NO3S/c10-2-1-8(12)9(13)7-5-14-4-6(7)3-11/h3-5,8-9,12-13H,1-2,10H2. The van der Waals surface area contributed by atoms with E-state index in [1.54, 1.807) is 10.8 Å². The topological polar surface area (TPSA) is 83.6 Å². The molecule has 78 valence electrons. The number of thiophene rings is 1. The van der Waals surface area contributed by atoms with Crippen LogP contribution in [0.1, 0.15) is 28.4 Å².